The summed E-state index contributed by atoms with van der Waals surface area (Å²) in [4.78, 5) is 10.9. The molecule has 3 heteroatoms. The Morgan fingerprint density at radius 2 is 1.93 bits per heavy atom. The molecule has 0 bridgehead atoms. The Balaban J connectivity index is 0.000000791. The highest BCUT2D eigenvalue weighted by Gasteiger charge is 2.07. The van der Waals surface area contributed by atoms with E-state index >= 15 is 0 Å². The van der Waals surface area contributed by atoms with Gasteiger partial charge in [-0.1, -0.05) is 19.9 Å². The summed E-state index contributed by atoms with van der Waals surface area (Å²) in [5.74, 6) is 0.262. The average Bonchev–Trinajstić information content (AvgIpc) is 2.21. The van der Waals surface area contributed by atoms with Crippen LogP contribution in [0.25, 0.3) is 0 Å². The van der Waals surface area contributed by atoms with Gasteiger partial charge in [-0.15, -0.1) is 0 Å². The molecule has 0 spiro atoms. The van der Waals surface area contributed by atoms with E-state index in [1.165, 1.54) is 0 Å². The van der Waals surface area contributed by atoms with Gasteiger partial charge in [0.25, 0.3) is 0 Å². The van der Waals surface area contributed by atoms with Gasteiger partial charge >= 0.3 is 0 Å². The molecule has 0 saturated carbocycles. The molecule has 0 aliphatic carbocycles. The van der Waals surface area contributed by atoms with Gasteiger partial charge in [0.1, 0.15) is 5.75 Å². The van der Waals surface area contributed by atoms with E-state index in [1.807, 2.05) is 13.8 Å². The number of hydrogen-bond acceptors (Lipinski definition) is 2. The SMILES string of the molecule is CC.COc1cccc(C(N)=O)c1C. The van der Waals surface area contributed by atoms with Crippen molar-refractivity contribution in [3.05, 3.63) is 29.3 Å². The maximum atomic E-state index is 10.9. The van der Waals surface area contributed by atoms with Crippen LogP contribution in [0.15, 0.2) is 18.2 Å². The lowest BCUT2D eigenvalue weighted by molar-refractivity contribution is 0.0999. The van der Waals surface area contributed by atoms with Crippen LogP contribution >= 0.6 is 0 Å². The number of hydrogen-bond donors (Lipinski definition) is 1. The molecule has 0 aliphatic heterocycles. The number of carbonyl (C=O) groups excluding carboxylic acids is 1. The fourth-order valence-corrected chi connectivity index (χ4v) is 1.10. The lowest BCUT2D eigenvalue weighted by Crippen LogP contribution is -2.12. The topological polar surface area (TPSA) is 52.3 Å². The van der Waals surface area contributed by atoms with Gasteiger partial charge in [-0.05, 0) is 19.1 Å². The number of rotatable bonds is 2. The molecular weight excluding hydrogens is 178 g/mol. The number of carbonyl (C=O) groups is 1. The second-order valence-electron chi connectivity index (χ2n) is 2.50. The van der Waals surface area contributed by atoms with Gasteiger partial charge in [0.05, 0.1) is 7.11 Å². The Morgan fingerprint density at radius 3 is 2.36 bits per heavy atom. The molecule has 3 nitrogen and oxygen atoms in total. The molecule has 0 unspecified atom stereocenters. The van der Waals surface area contributed by atoms with E-state index in [0.717, 1.165) is 5.56 Å². The van der Waals surface area contributed by atoms with Crippen LogP contribution in [0.3, 0.4) is 0 Å². The number of nitrogens with two attached hydrogens (primary N) is 1. The van der Waals surface area contributed by atoms with E-state index in [4.69, 9.17) is 10.5 Å². The lowest BCUT2D eigenvalue weighted by atomic mass is 10.1. The summed E-state index contributed by atoms with van der Waals surface area (Å²) in [6, 6.07) is 5.22. The molecule has 0 fully saturated rings. The standard InChI is InChI=1S/C9H11NO2.C2H6/c1-6-7(9(10)11)4-3-5-8(6)12-2;1-2/h3-5H,1-2H3,(H2,10,11);1-2H3. The van der Waals surface area contributed by atoms with Gasteiger partial charge < -0.3 is 10.5 Å². The van der Waals surface area contributed by atoms with Crippen LogP contribution in [0.4, 0.5) is 0 Å². The molecule has 1 amide bonds. The van der Waals surface area contributed by atoms with Gasteiger partial charge in [0.15, 0.2) is 0 Å². The largest absolute Gasteiger partial charge is 0.496 e. The normalized spacial score (nSPS) is 8.57. The van der Waals surface area contributed by atoms with Gasteiger partial charge in [0.2, 0.25) is 5.91 Å². The third-order valence-corrected chi connectivity index (χ3v) is 1.77. The van der Waals surface area contributed by atoms with Gasteiger partial charge in [-0.2, -0.15) is 0 Å². The van der Waals surface area contributed by atoms with Crippen molar-refractivity contribution in [3.8, 4) is 5.75 Å². The van der Waals surface area contributed by atoms with Gasteiger partial charge in [-0.3, -0.25) is 4.79 Å². The quantitative estimate of drug-likeness (QED) is 0.785. The van der Waals surface area contributed by atoms with Crippen LogP contribution in [0.1, 0.15) is 29.8 Å². The van der Waals surface area contributed by atoms with Crippen LogP contribution in [0, 0.1) is 6.92 Å². The number of benzene rings is 1. The first-order chi connectivity index (χ1) is 6.66. The maximum absolute atomic E-state index is 10.9. The molecule has 78 valence electrons. The molecule has 1 aromatic rings. The van der Waals surface area contributed by atoms with Crippen molar-refractivity contribution in [2.45, 2.75) is 20.8 Å². The van der Waals surface area contributed by atoms with Crippen LogP contribution in [0.2, 0.25) is 0 Å². The molecule has 1 rings (SSSR count). The average molecular weight is 195 g/mol. The predicted molar refractivity (Wildman–Crippen MR) is 57.6 cm³/mol. The summed E-state index contributed by atoms with van der Waals surface area (Å²) in [5.41, 5.74) is 6.44. The smallest absolute Gasteiger partial charge is 0.249 e. The zero-order valence-corrected chi connectivity index (χ0v) is 9.13. The summed E-state index contributed by atoms with van der Waals surface area (Å²) >= 11 is 0. The second-order valence-corrected chi connectivity index (χ2v) is 2.50. The first-order valence-electron chi connectivity index (χ1n) is 4.60. The Hall–Kier alpha value is -1.51. The Labute approximate surface area is 84.9 Å². The number of primary amides is 1. The predicted octanol–water partition coefficient (Wildman–Crippen LogP) is 2.13. The van der Waals surface area contributed by atoms with E-state index in [-0.39, 0.29) is 0 Å². The molecule has 0 heterocycles. The van der Waals surface area contributed by atoms with E-state index in [0.29, 0.717) is 11.3 Å². The minimum atomic E-state index is -0.425. The molecule has 0 radical (unpaired) electrons. The molecular formula is C11H17NO2. The second kappa shape index (κ2) is 6.02. The van der Waals surface area contributed by atoms with Crippen molar-refractivity contribution in [1.82, 2.24) is 0 Å². The van der Waals surface area contributed by atoms with Crippen LogP contribution in [0.5, 0.6) is 5.75 Å². The van der Waals surface area contributed by atoms with Crippen molar-refractivity contribution in [1.29, 1.82) is 0 Å². The fourth-order valence-electron chi connectivity index (χ4n) is 1.10. The van der Waals surface area contributed by atoms with Crippen molar-refractivity contribution in [2.24, 2.45) is 5.73 Å². The molecule has 14 heavy (non-hydrogen) atoms. The third kappa shape index (κ3) is 2.76. The maximum Gasteiger partial charge on any atom is 0.249 e. The van der Waals surface area contributed by atoms with E-state index < -0.39 is 5.91 Å². The Bertz CT molecular complexity index is 308. The van der Waals surface area contributed by atoms with Gasteiger partial charge in [-0.25, -0.2) is 0 Å². The monoisotopic (exact) mass is 195 g/mol. The van der Waals surface area contributed by atoms with Crippen molar-refractivity contribution >= 4 is 5.91 Å². The van der Waals surface area contributed by atoms with Gasteiger partial charge in [0, 0.05) is 11.1 Å². The zero-order valence-electron chi connectivity index (χ0n) is 9.13. The minimum Gasteiger partial charge on any atom is -0.496 e. The highest BCUT2D eigenvalue weighted by Crippen LogP contribution is 2.19. The number of ether oxygens (including phenoxy) is 1. The van der Waals surface area contributed by atoms with Crippen molar-refractivity contribution in [2.75, 3.05) is 7.11 Å². The lowest BCUT2D eigenvalue weighted by Gasteiger charge is -2.06. The molecule has 2 N–H and O–H groups in total. The van der Waals surface area contributed by atoms with E-state index in [9.17, 15) is 4.79 Å². The van der Waals surface area contributed by atoms with Crippen molar-refractivity contribution in [3.63, 3.8) is 0 Å². The van der Waals surface area contributed by atoms with Crippen LogP contribution in [-0.4, -0.2) is 13.0 Å². The Kier molecular flexibility index (Phi) is 5.37. The van der Waals surface area contributed by atoms with E-state index in [2.05, 4.69) is 0 Å². The summed E-state index contributed by atoms with van der Waals surface area (Å²) < 4.78 is 5.03. The highest BCUT2D eigenvalue weighted by molar-refractivity contribution is 5.94. The van der Waals surface area contributed by atoms with Crippen LogP contribution < -0.4 is 10.5 Å². The third-order valence-electron chi connectivity index (χ3n) is 1.77. The zero-order chi connectivity index (χ0) is 11.1. The molecule has 0 atom stereocenters. The molecule has 0 aromatic heterocycles. The first kappa shape index (κ1) is 12.5. The van der Waals surface area contributed by atoms with E-state index in [1.54, 1.807) is 32.2 Å². The molecule has 0 saturated heterocycles. The highest BCUT2D eigenvalue weighted by atomic mass is 16.5. The minimum absolute atomic E-state index is 0.425. The van der Waals surface area contributed by atoms with Crippen LogP contribution in [-0.2, 0) is 0 Å². The number of amides is 1. The molecule has 1 aromatic carbocycles. The Morgan fingerprint density at radius 1 is 1.36 bits per heavy atom. The fraction of sp³-hybridized carbons (Fsp3) is 0.364. The molecule has 0 aliphatic rings. The van der Waals surface area contributed by atoms with Crippen molar-refractivity contribution < 1.29 is 9.53 Å². The summed E-state index contributed by atoms with van der Waals surface area (Å²) in [7, 11) is 1.56. The first-order valence-corrected chi connectivity index (χ1v) is 4.60. The summed E-state index contributed by atoms with van der Waals surface area (Å²) in [5, 5.41) is 0. The summed E-state index contributed by atoms with van der Waals surface area (Å²) in [6.07, 6.45) is 0. The summed E-state index contributed by atoms with van der Waals surface area (Å²) in [6.45, 7) is 5.80. The number of methoxy groups -OCH3 is 1.